The molecule has 2 aliphatic heterocycles. The second-order valence-corrected chi connectivity index (χ2v) is 8.67. The van der Waals surface area contributed by atoms with Crippen molar-refractivity contribution >= 4 is 5.97 Å². The fraction of sp³-hybridized carbons (Fsp3) is 0.696. The molecule has 0 amide bonds. The van der Waals surface area contributed by atoms with Crippen molar-refractivity contribution in [3.8, 4) is 0 Å². The molecule has 0 spiro atoms. The van der Waals surface area contributed by atoms with Gasteiger partial charge in [0.1, 0.15) is 0 Å². The van der Waals surface area contributed by atoms with Crippen LogP contribution in [0.1, 0.15) is 44.0 Å². The predicted molar refractivity (Wildman–Crippen MR) is 115 cm³/mol. The Bertz CT molecular complexity index is 715. The predicted octanol–water partition coefficient (Wildman–Crippen LogP) is 2.57. The lowest BCUT2D eigenvalue weighted by atomic mass is 9.84. The van der Waals surface area contributed by atoms with E-state index in [1.807, 2.05) is 0 Å². The Kier molecular flexibility index (Phi) is 8.43. The number of hydrogen-bond donors (Lipinski definition) is 2. The zero-order valence-electron chi connectivity index (χ0n) is 19.3. The van der Waals surface area contributed by atoms with Gasteiger partial charge in [0, 0.05) is 36.0 Å². The summed E-state index contributed by atoms with van der Waals surface area (Å²) in [5, 5.41) is 7.23. The SMILES string of the molecule is COOCC1C(c2ccc(C3NC(C)C(COOC)C3C(=O)OC)cc2)NC(C)C1C. The van der Waals surface area contributed by atoms with Crippen molar-refractivity contribution in [2.24, 2.45) is 23.7 Å². The van der Waals surface area contributed by atoms with Gasteiger partial charge in [0.15, 0.2) is 0 Å². The molecule has 3 rings (SSSR count). The average molecular weight is 437 g/mol. The maximum Gasteiger partial charge on any atom is 0.311 e. The molecule has 174 valence electrons. The number of nitrogens with one attached hydrogen (secondary N) is 2. The normalized spacial score (nSPS) is 35.4. The Balaban J connectivity index is 1.80. The molecule has 0 bridgehead atoms. The zero-order chi connectivity index (χ0) is 22.5. The molecule has 31 heavy (non-hydrogen) atoms. The highest BCUT2D eigenvalue weighted by Gasteiger charge is 2.47. The Morgan fingerprint density at radius 1 is 0.806 bits per heavy atom. The number of ether oxygens (including phenoxy) is 1. The Labute approximate surface area is 184 Å². The van der Waals surface area contributed by atoms with Gasteiger partial charge in [-0.05, 0) is 30.9 Å². The number of esters is 1. The molecular weight excluding hydrogens is 400 g/mol. The highest BCUT2D eigenvalue weighted by atomic mass is 17.2. The quantitative estimate of drug-likeness (QED) is 0.347. The van der Waals surface area contributed by atoms with Crippen LogP contribution in [0.25, 0.3) is 0 Å². The van der Waals surface area contributed by atoms with E-state index in [0.29, 0.717) is 31.1 Å². The molecule has 8 atom stereocenters. The molecule has 0 saturated carbocycles. The van der Waals surface area contributed by atoms with Crippen molar-refractivity contribution in [1.82, 2.24) is 10.6 Å². The summed E-state index contributed by atoms with van der Waals surface area (Å²) in [7, 11) is 4.44. The van der Waals surface area contributed by atoms with Crippen LogP contribution in [0.2, 0.25) is 0 Å². The van der Waals surface area contributed by atoms with Crippen molar-refractivity contribution in [2.75, 3.05) is 34.5 Å². The number of carbonyl (C=O) groups excluding carboxylic acids is 1. The third-order valence-corrected chi connectivity index (χ3v) is 7.12. The average Bonchev–Trinajstić information content (AvgIpc) is 3.26. The Morgan fingerprint density at radius 3 is 1.87 bits per heavy atom. The second-order valence-electron chi connectivity index (χ2n) is 8.67. The smallest absolute Gasteiger partial charge is 0.311 e. The Morgan fingerprint density at radius 2 is 1.32 bits per heavy atom. The van der Waals surface area contributed by atoms with Crippen LogP contribution in [0.5, 0.6) is 0 Å². The lowest BCUT2D eigenvalue weighted by Gasteiger charge is -2.24. The molecule has 2 saturated heterocycles. The van der Waals surface area contributed by atoms with Crippen LogP contribution in [0.15, 0.2) is 24.3 Å². The monoisotopic (exact) mass is 436 g/mol. The number of hydrogen-bond acceptors (Lipinski definition) is 8. The summed E-state index contributed by atoms with van der Waals surface area (Å²) in [5.41, 5.74) is 2.25. The van der Waals surface area contributed by atoms with Crippen LogP contribution in [-0.2, 0) is 29.1 Å². The van der Waals surface area contributed by atoms with Crippen LogP contribution in [0.4, 0.5) is 0 Å². The van der Waals surface area contributed by atoms with Crippen LogP contribution < -0.4 is 10.6 Å². The zero-order valence-corrected chi connectivity index (χ0v) is 19.3. The van der Waals surface area contributed by atoms with Crippen LogP contribution in [0, 0.1) is 23.7 Å². The van der Waals surface area contributed by atoms with Crippen molar-refractivity contribution in [1.29, 1.82) is 0 Å². The van der Waals surface area contributed by atoms with E-state index in [-0.39, 0.29) is 35.9 Å². The molecule has 8 heteroatoms. The van der Waals surface area contributed by atoms with Gasteiger partial charge in [-0.25, -0.2) is 19.6 Å². The number of carbonyl (C=O) groups is 1. The summed E-state index contributed by atoms with van der Waals surface area (Å²) in [4.78, 5) is 32.7. The molecule has 0 aromatic heterocycles. The van der Waals surface area contributed by atoms with Crippen molar-refractivity contribution in [2.45, 2.75) is 44.9 Å². The number of methoxy groups -OCH3 is 1. The van der Waals surface area contributed by atoms with Crippen LogP contribution in [0.3, 0.4) is 0 Å². The van der Waals surface area contributed by atoms with Gasteiger partial charge in [0.25, 0.3) is 0 Å². The fourth-order valence-corrected chi connectivity index (χ4v) is 5.10. The first kappa shape index (κ1) is 24.1. The molecule has 2 N–H and O–H groups in total. The fourth-order valence-electron chi connectivity index (χ4n) is 5.10. The first-order chi connectivity index (χ1) is 14.9. The molecule has 8 unspecified atom stereocenters. The van der Waals surface area contributed by atoms with E-state index in [0.717, 1.165) is 5.56 Å². The second kappa shape index (κ2) is 10.8. The molecular formula is C23H36N2O6. The first-order valence-electron chi connectivity index (χ1n) is 10.9. The van der Waals surface area contributed by atoms with Gasteiger partial charge in [-0.15, -0.1) is 0 Å². The summed E-state index contributed by atoms with van der Waals surface area (Å²) in [6, 6.07) is 8.97. The minimum absolute atomic E-state index is 0.0501. The van der Waals surface area contributed by atoms with Crippen molar-refractivity contribution in [3.63, 3.8) is 0 Å². The van der Waals surface area contributed by atoms with Gasteiger partial charge in [-0.1, -0.05) is 31.2 Å². The van der Waals surface area contributed by atoms with Crippen LogP contribution in [-0.4, -0.2) is 52.6 Å². The molecule has 0 aliphatic carbocycles. The van der Waals surface area contributed by atoms with Gasteiger partial charge < -0.3 is 15.4 Å². The van der Waals surface area contributed by atoms with E-state index in [4.69, 9.17) is 24.3 Å². The third-order valence-electron chi connectivity index (χ3n) is 7.12. The lowest BCUT2D eigenvalue weighted by Crippen LogP contribution is -2.31. The van der Waals surface area contributed by atoms with Gasteiger partial charge in [0.2, 0.25) is 0 Å². The highest BCUT2D eigenvalue weighted by Crippen LogP contribution is 2.40. The summed E-state index contributed by atoms with van der Waals surface area (Å²) in [6.45, 7) is 7.35. The van der Waals surface area contributed by atoms with E-state index in [2.05, 4.69) is 55.7 Å². The van der Waals surface area contributed by atoms with Gasteiger partial charge >= 0.3 is 5.97 Å². The molecule has 0 radical (unpaired) electrons. The van der Waals surface area contributed by atoms with Crippen molar-refractivity contribution in [3.05, 3.63) is 35.4 Å². The molecule has 2 aliphatic rings. The maximum atomic E-state index is 12.6. The number of benzene rings is 1. The molecule has 2 fully saturated rings. The largest absolute Gasteiger partial charge is 0.469 e. The first-order valence-corrected chi connectivity index (χ1v) is 10.9. The van der Waals surface area contributed by atoms with Gasteiger partial charge in [0.05, 0.1) is 40.5 Å². The summed E-state index contributed by atoms with van der Waals surface area (Å²) >= 11 is 0. The summed E-state index contributed by atoms with van der Waals surface area (Å²) in [6.07, 6.45) is 0. The maximum absolute atomic E-state index is 12.6. The van der Waals surface area contributed by atoms with E-state index in [1.54, 1.807) is 7.11 Å². The van der Waals surface area contributed by atoms with E-state index in [9.17, 15) is 4.79 Å². The number of rotatable bonds is 9. The topological polar surface area (TPSA) is 87.3 Å². The van der Waals surface area contributed by atoms with Gasteiger partial charge in [-0.2, -0.15) is 0 Å². The van der Waals surface area contributed by atoms with Crippen molar-refractivity contribution < 1.29 is 29.1 Å². The highest BCUT2D eigenvalue weighted by molar-refractivity contribution is 5.74. The lowest BCUT2D eigenvalue weighted by molar-refractivity contribution is -0.282. The minimum atomic E-state index is -0.353. The van der Waals surface area contributed by atoms with E-state index >= 15 is 0 Å². The summed E-state index contributed by atoms with van der Waals surface area (Å²) < 4.78 is 5.11. The molecule has 1 aromatic carbocycles. The van der Waals surface area contributed by atoms with E-state index < -0.39 is 0 Å². The third kappa shape index (κ3) is 5.10. The summed E-state index contributed by atoms with van der Waals surface area (Å²) in [5.74, 6) is 0.123. The Hall–Kier alpha value is -1.55. The standard InChI is InChI=1S/C23H36N2O6/c1-13-14(2)24-21(18(13)11-30-28-5)16-7-9-17(10-8-16)22-20(23(26)27-4)19(12-31-29-6)15(3)25-22/h7-10,13-15,18-22,24-25H,11-12H2,1-6H3. The molecule has 1 aromatic rings. The minimum Gasteiger partial charge on any atom is -0.469 e. The van der Waals surface area contributed by atoms with E-state index in [1.165, 1.54) is 19.8 Å². The van der Waals surface area contributed by atoms with Crippen LogP contribution >= 0.6 is 0 Å². The molecule has 8 nitrogen and oxygen atoms in total. The van der Waals surface area contributed by atoms with Gasteiger partial charge in [-0.3, -0.25) is 4.79 Å². The molecule has 2 heterocycles.